The van der Waals surface area contributed by atoms with Crippen molar-refractivity contribution < 1.29 is 14.2 Å². The van der Waals surface area contributed by atoms with Crippen LogP contribution >= 0.6 is 0 Å². The third-order valence-corrected chi connectivity index (χ3v) is 16.7. The molecule has 0 unspecified atom stereocenters. The zero-order valence-electron chi connectivity index (χ0n) is 19.6. The Kier molecular flexibility index (Phi) is 6.90. The van der Waals surface area contributed by atoms with Gasteiger partial charge in [0.1, 0.15) is 0 Å². The summed E-state index contributed by atoms with van der Waals surface area (Å²) in [5.74, 6) is 1.15. The van der Waals surface area contributed by atoms with E-state index in [2.05, 4.69) is 62.6 Å². The fourth-order valence-electron chi connectivity index (χ4n) is 4.88. The van der Waals surface area contributed by atoms with Crippen LogP contribution in [0.25, 0.3) is 0 Å². The molecule has 3 aliphatic heterocycles. The van der Waals surface area contributed by atoms with Gasteiger partial charge in [-0.3, -0.25) is 0 Å². The molecule has 3 aliphatic rings. The molecule has 0 amide bonds. The van der Waals surface area contributed by atoms with Crippen LogP contribution in [-0.4, -0.2) is 60.7 Å². The predicted molar refractivity (Wildman–Crippen MR) is 123 cm³/mol. The molecule has 0 bridgehead atoms. The number of ether oxygens (including phenoxy) is 3. The van der Waals surface area contributed by atoms with Gasteiger partial charge in [0.25, 0.3) is 0 Å². The third-order valence-electron chi connectivity index (χ3n) is 6.49. The first-order chi connectivity index (χ1) is 12.8. The summed E-state index contributed by atoms with van der Waals surface area (Å²) in [6.07, 6.45) is 9.45. The summed E-state index contributed by atoms with van der Waals surface area (Å²) >= 11 is -4.58. The Morgan fingerprint density at radius 1 is 0.893 bits per heavy atom. The van der Waals surface area contributed by atoms with Gasteiger partial charge >= 0.3 is 183 Å². The Morgan fingerprint density at radius 3 is 2.14 bits per heavy atom. The minimum atomic E-state index is -2.30. The van der Waals surface area contributed by atoms with Crippen LogP contribution in [-0.2, 0) is 14.2 Å². The van der Waals surface area contributed by atoms with Crippen LogP contribution in [0, 0.1) is 11.8 Å². The van der Waals surface area contributed by atoms with Gasteiger partial charge < -0.3 is 0 Å². The second kappa shape index (κ2) is 8.29. The molecule has 5 heteroatoms. The van der Waals surface area contributed by atoms with Gasteiger partial charge in [-0.15, -0.1) is 0 Å². The van der Waals surface area contributed by atoms with E-state index in [1.165, 1.54) is 7.55 Å². The summed E-state index contributed by atoms with van der Waals surface area (Å²) in [5.41, 5.74) is -0.212. The average Bonchev–Trinajstić information content (AvgIpc) is 2.66. The molecule has 0 spiro atoms. The zero-order chi connectivity index (χ0) is 20.9. The number of fused-ring (bicyclic) bond motifs is 2. The SMILES string of the molecule is C[C@@H]1C/C=[C](/[Sn]([CH3])([CH3])[CH3])O[C@H]2C[C@H]3O[C]([Sn]([CH3])([CH3])[CH3])=C[C@@H](C)C[C@@H]3O[C@]2(C)C1. The third kappa shape index (κ3) is 5.27. The molecule has 0 N–H and O–H groups in total. The molecule has 3 heterocycles. The number of rotatable bonds is 2. The van der Waals surface area contributed by atoms with Crippen molar-refractivity contribution in [2.24, 2.45) is 11.8 Å². The number of hydrogen-bond donors (Lipinski definition) is 0. The van der Waals surface area contributed by atoms with Crippen molar-refractivity contribution in [3.8, 4) is 0 Å². The van der Waals surface area contributed by atoms with Crippen molar-refractivity contribution in [3.63, 3.8) is 0 Å². The topological polar surface area (TPSA) is 27.7 Å². The standard InChI is InChI=1S/C17H24O3.6CH3.2Sn/c1-12-6-8-18-14-10-16-17(3,20-15(14)9-12)11-13(2)5-4-7-19-16;;;;;;;;/h4,6,12-16H,5,9-11H2,1-3H3;6*1H3;;/t12-,13-,14-,15+,16+,17-;;;;;;;;/m1......../s1. The van der Waals surface area contributed by atoms with Gasteiger partial charge in [-0.25, -0.2) is 0 Å². The molecule has 1 saturated heterocycles. The molecule has 0 aliphatic carbocycles. The molecule has 0 aromatic heterocycles. The van der Waals surface area contributed by atoms with Crippen molar-refractivity contribution in [1.82, 2.24) is 0 Å². The molecule has 3 rings (SSSR count). The Hall–Kier alpha value is 0.637. The van der Waals surface area contributed by atoms with E-state index in [-0.39, 0.29) is 23.9 Å². The molecular weight excluding hydrogens is 562 g/mol. The number of hydrogen-bond acceptors (Lipinski definition) is 3. The van der Waals surface area contributed by atoms with Crippen LogP contribution in [0.5, 0.6) is 0 Å². The second-order valence-electron chi connectivity index (χ2n) is 11.8. The van der Waals surface area contributed by atoms with Crippen molar-refractivity contribution in [1.29, 1.82) is 0 Å². The van der Waals surface area contributed by atoms with Gasteiger partial charge in [-0.2, -0.15) is 0 Å². The summed E-state index contributed by atoms with van der Waals surface area (Å²) in [4.78, 5) is 14.7. The van der Waals surface area contributed by atoms with Crippen molar-refractivity contribution in [2.75, 3.05) is 0 Å². The predicted octanol–water partition coefficient (Wildman–Crippen LogP) is 6.30. The Balaban J connectivity index is 1.90. The molecule has 160 valence electrons. The summed E-state index contributed by atoms with van der Waals surface area (Å²) in [5, 5.41) is 0. The summed E-state index contributed by atoms with van der Waals surface area (Å²) < 4.78 is 23.1. The van der Waals surface area contributed by atoms with Crippen LogP contribution in [0.4, 0.5) is 0 Å². The fraction of sp³-hybridized carbons (Fsp3) is 0.826. The molecule has 1 fully saturated rings. The van der Waals surface area contributed by atoms with Crippen LogP contribution in [0.2, 0.25) is 29.6 Å². The molecule has 0 aromatic rings. The van der Waals surface area contributed by atoms with Crippen LogP contribution in [0.3, 0.4) is 0 Å². The molecule has 0 aromatic carbocycles. The van der Waals surface area contributed by atoms with E-state index in [0.29, 0.717) is 11.8 Å². The average molecular weight is 604 g/mol. The van der Waals surface area contributed by atoms with Crippen LogP contribution in [0.15, 0.2) is 19.7 Å². The van der Waals surface area contributed by atoms with E-state index in [1.54, 1.807) is 0 Å². The van der Waals surface area contributed by atoms with E-state index < -0.39 is 36.8 Å². The van der Waals surface area contributed by atoms with Crippen molar-refractivity contribution >= 4 is 36.8 Å². The van der Waals surface area contributed by atoms with E-state index in [4.69, 9.17) is 14.2 Å². The van der Waals surface area contributed by atoms with Crippen LogP contribution < -0.4 is 0 Å². The van der Waals surface area contributed by atoms with E-state index in [9.17, 15) is 0 Å². The molecule has 28 heavy (non-hydrogen) atoms. The van der Waals surface area contributed by atoms with Crippen LogP contribution in [0.1, 0.15) is 46.5 Å². The summed E-state index contributed by atoms with van der Waals surface area (Å²) in [6.45, 7) is 7.00. The maximum absolute atomic E-state index is 6.90. The van der Waals surface area contributed by atoms with Gasteiger partial charge in [0.2, 0.25) is 0 Å². The van der Waals surface area contributed by atoms with Crippen molar-refractivity contribution in [2.45, 2.75) is 100 Å². The van der Waals surface area contributed by atoms with Gasteiger partial charge in [0.15, 0.2) is 0 Å². The Morgan fingerprint density at radius 2 is 1.54 bits per heavy atom. The first-order valence-electron chi connectivity index (χ1n) is 11.2. The molecule has 6 atom stereocenters. The maximum atomic E-state index is 6.90. The Labute approximate surface area is 181 Å². The quantitative estimate of drug-likeness (QED) is 0.347. The first-order valence-corrected chi connectivity index (χ1v) is 31.2. The molecule has 0 saturated carbocycles. The fourth-order valence-corrected chi connectivity index (χ4v) is 12.1. The monoisotopic (exact) mass is 606 g/mol. The second-order valence-corrected chi connectivity index (χ2v) is 40.3. The minimum absolute atomic E-state index is 0.100. The molecule has 3 nitrogen and oxygen atoms in total. The molecule has 0 radical (unpaired) electrons. The van der Waals surface area contributed by atoms with Crippen molar-refractivity contribution in [3.05, 3.63) is 19.7 Å². The van der Waals surface area contributed by atoms with Gasteiger partial charge in [0, 0.05) is 0 Å². The molecular formula is C23H42O3Sn2. The summed E-state index contributed by atoms with van der Waals surface area (Å²) in [6, 6.07) is 0. The van der Waals surface area contributed by atoms with E-state index in [0.717, 1.165) is 25.7 Å². The van der Waals surface area contributed by atoms with Gasteiger partial charge in [0.05, 0.1) is 0 Å². The Bertz CT molecular complexity index is 643. The van der Waals surface area contributed by atoms with E-state index in [1.807, 2.05) is 0 Å². The summed E-state index contributed by atoms with van der Waals surface area (Å²) in [7, 11) is 0. The normalized spacial score (nSPS) is 41.5. The number of allylic oxidation sites excluding steroid dienone is 2. The van der Waals surface area contributed by atoms with Gasteiger partial charge in [-0.05, 0) is 0 Å². The first kappa shape index (κ1) is 23.3. The van der Waals surface area contributed by atoms with E-state index >= 15 is 0 Å². The zero-order valence-corrected chi connectivity index (χ0v) is 25.3. The van der Waals surface area contributed by atoms with Gasteiger partial charge in [-0.1, -0.05) is 0 Å².